The molecule has 0 saturated carbocycles. The van der Waals surface area contributed by atoms with Crippen LogP contribution < -0.4 is 4.90 Å². The summed E-state index contributed by atoms with van der Waals surface area (Å²) >= 11 is 7.32. The lowest BCUT2D eigenvalue weighted by Gasteiger charge is -2.34. The summed E-state index contributed by atoms with van der Waals surface area (Å²) < 4.78 is 1.06. The molecule has 1 aromatic rings. The van der Waals surface area contributed by atoms with Gasteiger partial charge in [0.1, 0.15) is 10.2 Å². The van der Waals surface area contributed by atoms with Crippen molar-refractivity contribution in [2.75, 3.05) is 19.1 Å². The predicted octanol–water partition coefficient (Wildman–Crippen LogP) is 2.51. The number of hydrogen-bond donors (Lipinski definition) is 1. The first-order chi connectivity index (χ1) is 9.29. The van der Waals surface area contributed by atoms with Crippen LogP contribution in [0.3, 0.4) is 0 Å². The first kappa shape index (κ1) is 14.8. The Morgan fingerprint density at radius 1 is 1.26 bits per heavy atom. The number of nitrogens with zero attached hydrogens (tertiary/aromatic N) is 1. The second-order valence-corrected chi connectivity index (χ2v) is 6.71. The van der Waals surface area contributed by atoms with Crippen molar-refractivity contribution in [3.05, 3.63) is 35.9 Å². The van der Waals surface area contributed by atoms with Crippen LogP contribution in [0.5, 0.6) is 0 Å². The van der Waals surface area contributed by atoms with Gasteiger partial charge in [-0.15, -0.1) is 0 Å². The average molecular weight is 295 g/mol. The molecular weight excluding hydrogens is 272 g/mol. The molecule has 2 nitrogen and oxygen atoms in total. The molecule has 1 heterocycles. The Hall–Kier alpha value is -0.580. The molecule has 1 aliphatic heterocycles. The van der Waals surface area contributed by atoms with E-state index >= 15 is 0 Å². The summed E-state index contributed by atoms with van der Waals surface area (Å²) in [5.41, 5.74) is 1.35. The lowest BCUT2D eigenvalue weighted by Crippen LogP contribution is -3.14. The van der Waals surface area contributed by atoms with E-state index in [1.54, 1.807) is 4.90 Å². The van der Waals surface area contributed by atoms with Crippen molar-refractivity contribution in [1.82, 2.24) is 4.90 Å². The molecule has 1 N–H and O–H groups in total. The van der Waals surface area contributed by atoms with Gasteiger partial charge in [-0.2, -0.15) is 0 Å². The summed E-state index contributed by atoms with van der Waals surface area (Å²) in [6, 6.07) is 10.6. The number of hydrogen-bond acceptors (Lipinski definition) is 2. The number of unbranched alkanes of at least 4 members (excludes halogenated alkanes) is 2. The van der Waals surface area contributed by atoms with Crippen LogP contribution in [-0.4, -0.2) is 28.3 Å². The SMILES string of the molecule is CCCCC[NH+]1CSC(=S)N(Cc2ccccc2)C1. The molecule has 1 atom stereocenters. The van der Waals surface area contributed by atoms with Crippen LogP contribution >= 0.6 is 24.0 Å². The lowest BCUT2D eigenvalue weighted by molar-refractivity contribution is -0.897. The Morgan fingerprint density at radius 2 is 2.05 bits per heavy atom. The minimum Gasteiger partial charge on any atom is -0.309 e. The maximum absolute atomic E-state index is 5.49. The summed E-state index contributed by atoms with van der Waals surface area (Å²) in [5, 5.41) is 0. The highest BCUT2D eigenvalue weighted by atomic mass is 32.2. The van der Waals surface area contributed by atoms with Gasteiger partial charge < -0.3 is 9.80 Å². The Balaban J connectivity index is 1.86. The molecule has 0 radical (unpaired) electrons. The smallest absolute Gasteiger partial charge is 0.154 e. The molecule has 0 aromatic heterocycles. The van der Waals surface area contributed by atoms with E-state index < -0.39 is 0 Å². The highest BCUT2D eigenvalue weighted by Gasteiger charge is 2.24. The highest BCUT2D eigenvalue weighted by Crippen LogP contribution is 2.13. The quantitative estimate of drug-likeness (QED) is 0.637. The maximum Gasteiger partial charge on any atom is 0.154 e. The maximum atomic E-state index is 5.49. The zero-order chi connectivity index (χ0) is 13.5. The van der Waals surface area contributed by atoms with Crippen LogP contribution in [0, 0.1) is 0 Å². The molecule has 1 aromatic carbocycles. The summed E-state index contributed by atoms with van der Waals surface area (Å²) in [6.07, 6.45) is 3.97. The van der Waals surface area contributed by atoms with Crippen molar-refractivity contribution in [3.63, 3.8) is 0 Å². The van der Waals surface area contributed by atoms with Crippen molar-refractivity contribution in [1.29, 1.82) is 0 Å². The van der Waals surface area contributed by atoms with Gasteiger partial charge in [0.25, 0.3) is 0 Å². The third-order valence-electron chi connectivity index (χ3n) is 3.42. The zero-order valence-corrected chi connectivity index (χ0v) is 13.2. The Kier molecular flexibility index (Phi) is 6.14. The topological polar surface area (TPSA) is 7.68 Å². The molecule has 0 aliphatic carbocycles. The molecule has 1 saturated heterocycles. The second-order valence-electron chi connectivity index (χ2n) is 5.10. The fraction of sp³-hybridized carbons (Fsp3) is 0.533. The van der Waals surface area contributed by atoms with Crippen LogP contribution in [-0.2, 0) is 6.54 Å². The van der Waals surface area contributed by atoms with Gasteiger partial charge in [-0.05, 0) is 30.2 Å². The van der Waals surface area contributed by atoms with Crippen molar-refractivity contribution in [3.8, 4) is 0 Å². The van der Waals surface area contributed by atoms with E-state index in [1.807, 2.05) is 11.8 Å². The third kappa shape index (κ3) is 4.79. The van der Waals surface area contributed by atoms with Gasteiger partial charge in [0.2, 0.25) is 0 Å². The molecule has 0 amide bonds. The van der Waals surface area contributed by atoms with Crippen molar-refractivity contribution >= 4 is 28.3 Å². The van der Waals surface area contributed by atoms with E-state index in [1.165, 1.54) is 31.4 Å². The number of benzene rings is 1. The first-order valence-corrected chi connectivity index (χ1v) is 8.48. The minimum atomic E-state index is 0.948. The van der Waals surface area contributed by atoms with Crippen LogP contribution in [0.4, 0.5) is 0 Å². The zero-order valence-electron chi connectivity index (χ0n) is 11.6. The Morgan fingerprint density at radius 3 is 2.79 bits per heavy atom. The molecule has 0 spiro atoms. The summed E-state index contributed by atoms with van der Waals surface area (Å²) in [5.74, 6) is 1.13. The lowest BCUT2D eigenvalue weighted by atomic mass is 10.2. The van der Waals surface area contributed by atoms with E-state index in [0.717, 1.165) is 23.4 Å². The van der Waals surface area contributed by atoms with Gasteiger partial charge in [0.15, 0.2) is 6.67 Å². The number of thiocarbonyl (C=S) groups is 1. The fourth-order valence-electron chi connectivity index (χ4n) is 2.34. The van der Waals surface area contributed by atoms with Crippen molar-refractivity contribution < 1.29 is 4.90 Å². The van der Waals surface area contributed by atoms with Gasteiger partial charge in [0, 0.05) is 6.54 Å². The second kappa shape index (κ2) is 7.88. The molecule has 19 heavy (non-hydrogen) atoms. The van der Waals surface area contributed by atoms with Crippen LogP contribution in [0.15, 0.2) is 30.3 Å². The molecule has 1 fully saturated rings. The highest BCUT2D eigenvalue weighted by molar-refractivity contribution is 8.22. The van der Waals surface area contributed by atoms with E-state index in [0.29, 0.717) is 0 Å². The van der Waals surface area contributed by atoms with Crippen molar-refractivity contribution in [2.24, 2.45) is 0 Å². The third-order valence-corrected chi connectivity index (χ3v) is 5.09. The number of quaternary nitrogens is 1. The summed E-state index contributed by atoms with van der Waals surface area (Å²) in [6.45, 7) is 5.54. The molecule has 4 heteroatoms. The Bertz CT molecular complexity index is 394. The van der Waals surface area contributed by atoms with E-state index in [4.69, 9.17) is 12.2 Å². The van der Waals surface area contributed by atoms with Crippen molar-refractivity contribution in [2.45, 2.75) is 32.7 Å². The molecule has 0 bridgehead atoms. The number of rotatable bonds is 6. The largest absolute Gasteiger partial charge is 0.309 e. The molecular formula is C15H23N2S2+. The predicted molar refractivity (Wildman–Crippen MR) is 87.3 cm³/mol. The standard InChI is InChI=1S/C15H22N2S2/c1-2-3-7-10-16-12-17(15(18)19-13-16)11-14-8-5-4-6-9-14/h4-6,8-9H,2-3,7,10-13H2,1H3/p+1. The average Bonchev–Trinajstić information content (AvgIpc) is 2.44. The van der Waals surface area contributed by atoms with Crippen LogP contribution in [0.25, 0.3) is 0 Å². The van der Waals surface area contributed by atoms with Gasteiger partial charge >= 0.3 is 0 Å². The minimum absolute atomic E-state index is 0.948. The monoisotopic (exact) mass is 295 g/mol. The number of nitrogens with one attached hydrogen (secondary N) is 1. The fourth-order valence-corrected chi connectivity index (χ4v) is 3.52. The molecule has 1 unspecified atom stereocenters. The first-order valence-electron chi connectivity index (χ1n) is 7.08. The van der Waals surface area contributed by atoms with E-state index in [2.05, 4.69) is 42.2 Å². The van der Waals surface area contributed by atoms with Gasteiger partial charge in [-0.3, -0.25) is 0 Å². The van der Waals surface area contributed by atoms with Crippen LogP contribution in [0.1, 0.15) is 31.7 Å². The number of thioether (sulfide) groups is 1. The van der Waals surface area contributed by atoms with Crippen LogP contribution in [0.2, 0.25) is 0 Å². The van der Waals surface area contributed by atoms with E-state index in [-0.39, 0.29) is 0 Å². The molecule has 104 valence electrons. The normalized spacial score (nSPS) is 19.7. The Labute approximate surface area is 126 Å². The van der Waals surface area contributed by atoms with Gasteiger partial charge in [-0.25, -0.2) is 0 Å². The summed E-state index contributed by atoms with van der Waals surface area (Å²) in [7, 11) is 0. The van der Waals surface area contributed by atoms with Gasteiger partial charge in [-0.1, -0.05) is 55.9 Å². The molecule has 2 rings (SSSR count). The van der Waals surface area contributed by atoms with E-state index in [9.17, 15) is 0 Å². The molecule has 1 aliphatic rings. The van der Waals surface area contributed by atoms with Gasteiger partial charge in [0.05, 0.1) is 6.54 Å². The summed E-state index contributed by atoms with van der Waals surface area (Å²) in [4.78, 5) is 4.00.